The Labute approximate surface area is 63.7 Å². The molecule has 0 fully saturated rings. The lowest BCUT2D eigenvalue weighted by Gasteiger charge is -2.08. The molecule has 0 aliphatic heterocycles. The topological polar surface area (TPSA) is 26.3 Å². The molecule has 1 atom stereocenters. The van der Waals surface area contributed by atoms with Crippen LogP contribution >= 0.6 is 15.9 Å². The third-order valence-corrected chi connectivity index (χ3v) is 1.66. The lowest BCUT2D eigenvalue weighted by molar-refractivity contribution is -0.109. The zero-order valence-corrected chi connectivity index (χ0v) is 7.06. The highest BCUT2D eigenvalue weighted by Crippen LogP contribution is 1.99. The first-order valence-electron chi connectivity index (χ1n) is 2.96. The van der Waals surface area contributed by atoms with Crippen molar-refractivity contribution in [3.8, 4) is 0 Å². The number of carbonyl (C=O) groups is 1. The third kappa shape index (κ3) is 4.60. The molecule has 0 aromatic carbocycles. The Kier molecular flexibility index (Phi) is 6.31. The Bertz CT molecular complexity index is 75.5. The van der Waals surface area contributed by atoms with Crippen molar-refractivity contribution in [2.24, 2.45) is 0 Å². The van der Waals surface area contributed by atoms with Crippen LogP contribution in [0.2, 0.25) is 0 Å². The van der Waals surface area contributed by atoms with E-state index in [-0.39, 0.29) is 6.10 Å². The molecule has 0 radical (unpaired) electrons. The molecule has 54 valence electrons. The summed E-state index contributed by atoms with van der Waals surface area (Å²) in [6, 6.07) is 0. The van der Waals surface area contributed by atoms with Crippen molar-refractivity contribution in [3.05, 3.63) is 0 Å². The van der Waals surface area contributed by atoms with Gasteiger partial charge in [0.2, 0.25) is 0 Å². The van der Waals surface area contributed by atoms with Gasteiger partial charge in [-0.3, -0.25) is 0 Å². The summed E-state index contributed by atoms with van der Waals surface area (Å²) in [6.07, 6.45) is 1.42. The molecule has 0 aromatic heterocycles. The van der Waals surface area contributed by atoms with Gasteiger partial charge in [0.25, 0.3) is 0 Å². The van der Waals surface area contributed by atoms with Crippen LogP contribution < -0.4 is 0 Å². The van der Waals surface area contributed by atoms with Gasteiger partial charge in [-0.15, -0.1) is 0 Å². The van der Waals surface area contributed by atoms with Crippen molar-refractivity contribution < 1.29 is 9.53 Å². The van der Waals surface area contributed by atoms with Crippen LogP contribution in [-0.4, -0.2) is 24.3 Å². The molecule has 9 heavy (non-hydrogen) atoms. The second-order valence-electron chi connectivity index (χ2n) is 1.63. The predicted molar refractivity (Wildman–Crippen MR) is 39.9 cm³/mol. The average molecular weight is 195 g/mol. The molecule has 0 amide bonds. The smallest absolute Gasteiger partial charge is 0.122 e. The Morgan fingerprint density at radius 1 is 1.78 bits per heavy atom. The molecule has 0 N–H and O–H groups in total. The fraction of sp³-hybridized carbons (Fsp3) is 0.833. The summed E-state index contributed by atoms with van der Waals surface area (Å²) in [5.74, 6) is 0. The molecule has 0 aromatic rings. The Balaban J connectivity index is 3.28. The zero-order valence-electron chi connectivity index (χ0n) is 5.47. The van der Waals surface area contributed by atoms with Crippen LogP contribution in [0.5, 0.6) is 0 Å². The number of halogens is 1. The first kappa shape index (κ1) is 9.11. The van der Waals surface area contributed by atoms with Gasteiger partial charge in [0.05, 0.1) is 6.10 Å². The highest BCUT2D eigenvalue weighted by atomic mass is 79.9. The van der Waals surface area contributed by atoms with Gasteiger partial charge in [-0.2, -0.15) is 0 Å². The molecule has 0 bridgehead atoms. The van der Waals surface area contributed by atoms with Crippen LogP contribution in [0, 0.1) is 0 Å². The van der Waals surface area contributed by atoms with Crippen molar-refractivity contribution in [1.29, 1.82) is 0 Å². The van der Waals surface area contributed by atoms with Gasteiger partial charge >= 0.3 is 0 Å². The van der Waals surface area contributed by atoms with E-state index < -0.39 is 0 Å². The van der Waals surface area contributed by atoms with Gasteiger partial charge < -0.3 is 9.53 Å². The van der Waals surface area contributed by atoms with Crippen LogP contribution in [0.4, 0.5) is 0 Å². The zero-order chi connectivity index (χ0) is 7.11. The maximum atomic E-state index is 9.95. The Morgan fingerprint density at radius 2 is 2.44 bits per heavy atom. The summed E-state index contributed by atoms with van der Waals surface area (Å²) in [5.41, 5.74) is 0. The molecular formula is C6H11BrO2. The van der Waals surface area contributed by atoms with Gasteiger partial charge in [-0.1, -0.05) is 15.9 Å². The number of hydrogen-bond donors (Lipinski definition) is 0. The molecule has 0 spiro atoms. The molecule has 3 heteroatoms. The van der Waals surface area contributed by atoms with Crippen LogP contribution in [0.25, 0.3) is 0 Å². The summed E-state index contributed by atoms with van der Waals surface area (Å²) >= 11 is 3.23. The molecule has 0 rings (SSSR count). The van der Waals surface area contributed by atoms with E-state index in [4.69, 9.17) is 4.74 Å². The molecule has 0 aliphatic rings. The van der Waals surface area contributed by atoms with E-state index in [0.717, 1.165) is 11.6 Å². The summed E-state index contributed by atoms with van der Waals surface area (Å²) in [5, 5.41) is 0.736. The number of rotatable bonds is 5. The maximum absolute atomic E-state index is 9.95. The Hall–Kier alpha value is 0.110. The van der Waals surface area contributed by atoms with Gasteiger partial charge in [-0.05, 0) is 6.92 Å². The van der Waals surface area contributed by atoms with Gasteiger partial charge in [0.1, 0.15) is 6.29 Å². The first-order valence-corrected chi connectivity index (χ1v) is 4.08. The fourth-order valence-corrected chi connectivity index (χ4v) is 0.970. The third-order valence-electron chi connectivity index (χ3n) is 0.934. The molecule has 0 saturated carbocycles. The highest BCUT2D eigenvalue weighted by molar-refractivity contribution is 9.09. The standard InChI is InChI=1S/C6H11BrO2/c1-2-9-6(5-7)3-4-8/h4,6H,2-3,5H2,1H3. The molecule has 0 heterocycles. The monoisotopic (exact) mass is 194 g/mol. The second-order valence-corrected chi connectivity index (χ2v) is 2.28. The van der Waals surface area contributed by atoms with Gasteiger partial charge in [-0.25, -0.2) is 0 Å². The largest absolute Gasteiger partial charge is 0.377 e. The van der Waals surface area contributed by atoms with Crippen molar-refractivity contribution in [3.63, 3.8) is 0 Å². The second kappa shape index (κ2) is 6.23. The van der Waals surface area contributed by atoms with E-state index >= 15 is 0 Å². The normalized spacial score (nSPS) is 13.1. The van der Waals surface area contributed by atoms with Gasteiger partial charge in [0, 0.05) is 18.4 Å². The van der Waals surface area contributed by atoms with Crippen LogP contribution in [0.1, 0.15) is 13.3 Å². The molecule has 0 aliphatic carbocycles. The summed E-state index contributed by atoms with van der Waals surface area (Å²) in [6.45, 7) is 2.59. The fourth-order valence-electron chi connectivity index (χ4n) is 0.519. The average Bonchev–Trinajstić information content (AvgIpc) is 1.88. The van der Waals surface area contributed by atoms with Crippen molar-refractivity contribution in [1.82, 2.24) is 0 Å². The lowest BCUT2D eigenvalue weighted by atomic mass is 10.3. The van der Waals surface area contributed by atoms with Crippen LogP contribution in [0.15, 0.2) is 0 Å². The number of ether oxygens (including phenoxy) is 1. The van der Waals surface area contributed by atoms with E-state index in [9.17, 15) is 4.79 Å². The molecular weight excluding hydrogens is 184 g/mol. The lowest BCUT2D eigenvalue weighted by Crippen LogP contribution is -2.14. The highest BCUT2D eigenvalue weighted by Gasteiger charge is 2.03. The summed E-state index contributed by atoms with van der Waals surface area (Å²) in [4.78, 5) is 9.95. The van der Waals surface area contributed by atoms with E-state index in [2.05, 4.69) is 15.9 Å². The van der Waals surface area contributed by atoms with Crippen molar-refractivity contribution >= 4 is 22.2 Å². The number of alkyl halides is 1. The quantitative estimate of drug-likeness (QED) is 0.489. The molecule has 2 nitrogen and oxygen atoms in total. The van der Waals surface area contributed by atoms with Crippen LogP contribution in [-0.2, 0) is 9.53 Å². The minimum Gasteiger partial charge on any atom is -0.377 e. The van der Waals surface area contributed by atoms with Crippen molar-refractivity contribution in [2.45, 2.75) is 19.4 Å². The van der Waals surface area contributed by atoms with E-state index in [0.29, 0.717) is 13.0 Å². The molecule has 0 saturated heterocycles. The molecule has 1 unspecified atom stereocenters. The van der Waals surface area contributed by atoms with Crippen molar-refractivity contribution in [2.75, 3.05) is 11.9 Å². The summed E-state index contributed by atoms with van der Waals surface area (Å²) in [7, 11) is 0. The number of aldehydes is 1. The summed E-state index contributed by atoms with van der Waals surface area (Å²) < 4.78 is 5.15. The SMILES string of the molecule is CCOC(CBr)CC=O. The number of carbonyl (C=O) groups excluding carboxylic acids is 1. The number of hydrogen-bond acceptors (Lipinski definition) is 2. The van der Waals surface area contributed by atoms with Crippen LogP contribution in [0.3, 0.4) is 0 Å². The minimum atomic E-state index is 0.0625. The Morgan fingerprint density at radius 3 is 2.78 bits per heavy atom. The van der Waals surface area contributed by atoms with E-state index in [1.807, 2.05) is 6.92 Å². The van der Waals surface area contributed by atoms with Gasteiger partial charge in [0.15, 0.2) is 0 Å². The first-order chi connectivity index (χ1) is 4.35. The van der Waals surface area contributed by atoms with E-state index in [1.165, 1.54) is 0 Å². The van der Waals surface area contributed by atoms with E-state index in [1.54, 1.807) is 0 Å². The minimum absolute atomic E-state index is 0.0625. The maximum Gasteiger partial charge on any atom is 0.122 e. The predicted octanol–water partition coefficient (Wildman–Crippen LogP) is 1.38.